The summed E-state index contributed by atoms with van der Waals surface area (Å²) in [5, 5.41) is 3.08. The Morgan fingerprint density at radius 3 is 2.80 bits per heavy atom. The van der Waals surface area contributed by atoms with Gasteiger partial charge in [-0.25, -0.2) is 4.98 Å². The maximum atomic E-state index is 5.49. The van der Waals surface area contributed by atoms with E-state index < -0.39 is 0 Å². The van der Waals surface area contributed by atoms with Crippen LogP contribution in [-0.2, 0) is 0 Å². The molecule has 1 heterocycles. The molecular formula is C10H18N4O. The predicted molar refractivity (Wildman–Crippen MR) is 59.9 cm³/mol. The zero-order valence-corrected chi connectivity index (χ0v) is 9.40. The van der Waals surface area contributed by atoms with Gasteiger partial charge in [0.1, 0.15) is 0 Å². The van der Waals surface area contributed by atoms with Crippen LogP contribution in [0.25, 0.3) is 0 Å². The van der Waals surface area contributed by atoms with Gasteiger partial charge in [-0.1, -0.05) is 0 Å². The number of nitrogens with one attached hydrogen (secondary N) is 1. The summed E-state index contributed by atoms with van der Waals surface area (Å²) in [6.45, 7) is 6.42. The zero-order chi connectivity index (χ0) is 11.3. The van der Waals surface area contributed by atoms with Crippen LogP contribution in [0.5, 0.6) is 5.88 Å². The quantitative estimate of drug-likeness (QED) is 0.759. The van der Waals surface area contributed by atoms with Crippen molar-refractivity contribution in [2.24, 2.45) is 5.73 Å². The largest absolute Gasteiger partial charge is 0.475 e. The van der Waals surface area contributed by atoms with Gasteiger partial charge in [0.05, 0.1) is 6.10 Å². The minimum atomic E-state index is 0.111. The van der Waals surface area contributed by atoms with E-state index in [1.54, 1.807) is 12.3 Å². The van der Waals surface area contributed by atoms with Gasteiger partial charge in [-0.05, 0) is 20.8 Å². The van der Waals surface area contributed by atoms with Crippen LogP contribution >= 0.6 is 0 Å². The number of hydrogen-bond donors (Lipinski definition) is 2. The number of nitrogens with zero attached hydrogens (tertiary/aromatic N) is 2. The minimum Gasteiger partial charge on any atom is -0.475 e. The molecule has 0 aliphatic carbocycles. The van der Waals surface area contributed by atoms with Gasteiger partial charge in [0.15, 0.2) is 0 Å². The van der Waals surface area contributed by atoms with Gasteiger partial charge >= 0.3 is 0 Å². The van der Waals surface area contributed by atoms with E-state index in [9.17, 15) is 0 Å². The van der Waals surface area contributed by atoms with Crippen molar-refractivity contribution >= 4 is 5.95 Å². The van der Waals surface area contributed by atoms with Gasteiger partial charge in [-0.15, -0.1) is 0 Å². The van der Waals surface area contributed by atoms with Gasteiger partial charge in [-0.3, -0.25) is 0 Å². The Morgan fingerprint density at radius 2 is 2.20 bits per heavy atom. The second-order valence-electron chi connectivity index (χ2n) is 3.67. The molecule has 1 aromatic rings. The van der Waals surface area contributed by atoms with E-state index in [0.29, 0.717) is 18.4 Å². The molecule has 3 N–H and O–H groups in total. The number of nitrogens with two attached hydrogens (primary N) is 1. The number of aromatic nitrogens is 2. The first-order valence-electron chi connectivity index (χ1n) is 5.08. The molecule has 1 rings (SSSR count). The number of hydrogen-bond acceptors (Lipinski definition) is 5. The Bertz CT molecular complexity index is 303. The first-order chi connectivity index (χ1) is 7.11. The van der Waals surface area contributed by atoms with Crippen molar-refractivity contribution in [2.45, 2.75) is 32.9 Å². The third kappa shape index (κ3) is 4.12. The first kappa shape index (κ1) is 11.7. The lowest BCUT2D eigenvalue weighted by Gasteiger charge is -2.12. The normalized spacial score (nSPS) is 12.6. The van der Waals surface area contributed by atoms with Gasteiger partial charge < -0.3 is 15.8 Å². The van der Waals surface area contributed by atoms with E-state index >= 15 is 0 Å². The molecule has 84 valence electrons. The number of anilines is 1. The summed E-state index contributed by atoms with van der Waals surface area (Å²) in [6.07, 6.45) is 1.77. The van der Waals surface area contributed by atoms with Gasteiger partial charge in [-0.2, -0.15) is 4.98 Å². The van der Waals surface area contributed by atoms with Crippen molar-refractivity contribution in [3.8, 4) is 5.88 Å². The lowest BCUT2D eigenvalue weighted by Crippen LogP contribution is -2.26. The SMILES string of the molecule is CC(CN)Nc1nccc(OC(C)C)n1. The number of rotatable bonds is 5. The molecule has 1 atom stereocenters. The maximum Gasteiger partial charge on any atom is 0.226 e. The molecule has 0 radical (unpaired) electrons. The zero-order valence-electron chi connectivity index (χ0n) is 9.40. The van der Waals surface area contributed by atoms with E-state index in [-0.39, 0.29) is 12.1 Å². The molecule has 15 heavy (non-hydrogen) atoms. The van der Waals surface area contributed by atoms with Crippen LogP contribution in [0.3, 0.4) is 0 Å². The third-order valence-corrected chi connectivity index (χ3v) is 1.72. The Kier molecular flexibility index (Phi) is 4.30. The van der Waals surface area contributed by atoms with E-state index in [1.807, 2.05) is 20.8 Å². The van der Waals surface area contributed by atoms with Crippen LogP contribution in [0.2, 0.25) is 0 Å². The summed E-state index contributed by atoms with van der Waals surface area (Å²) in [4.78, 5) is 8.28. The van der Waals surface area contributed by atoms with Crippen molar-refractivity contribution in [3.05, 3.63) is 12.3 Å². The van der Waals surface area contributed by atoms with Crippen molar-refractivity contribution in [2.75, 3.05) is 11.9 Å². The number of ether oxygens (including phenoxy) is 1. The highest BCUT2D eigenvalue weighted by molar-refractivity contribution is 5.28. The summed E-state index contributed by atoms with van der Waals surface area (Å²) >= 11 is 0. The van der Waals surface area contributed by atoms with Crippen LogP contribution in [-0.4, -0.2) is 28.7 Å². The monoisotopic (exact) mass is 210 g/mol. The van der Waals surface area contributed by atoms with E-state index in [1.165, 1.54) is 0 Å². The van der Waals surface area contributed by atoms with E-state index in [0.717, 1.165) is 0 Å². The molecule has 0 spiro atoms. The van der Waals surface area contributed by atoms with Gasteiger partial charge in [0.25, 0.3) is 0 Å². The van der Waals surface area contributed by atoms with E-state index in [4.69, 9.17) is 10.5 Å². The fourth-order valence-corrected chi connectivity index (χ4v) is 0.998. The van der Waals surface area contributed by atoms with Crippen LogP contribution < -0.4 is 15.8 Å². The Morgan fingerprint density at radius 1 is 1.47 bits per heavy atom. The summed E-state index contributed by atoms with van der Waals surface area (Å²) in [6, 6.07) is 1.89. The minimum absolute atomic E-state index is 0.111. The average molecular weight is 210 g/mol. The summed E-state index contributed by atoms with van der Waals surface area (Å²) < 4.78 is 5.45. The van der Waals surface area contributed by atoms with Crippen molar-refractivity contribution in [1.29, 1.82) is 0 Å². The Balaban J connectivity index is 2.65. The molecule has 1 unspecified atom stereocenters. The molecule has 0 aromatic carbocycles. The van der Waals surface area contributed by atoms with Crippen molar-refractivity contribution in [3.63, 3.8) is 0 Å². The van der Waals surface area contributed by atoms with Gasteiger partial charge in [0.2, 0.25) is 11.8 Å². The molecule has 5 nitrogen and oxygen atoms in total. The standard InChI is InChI=1S/C10H18N4O/c1-7(2)15-9-4-5-12-10(14-9)13-8(3)6-11/h4-5,7-8H,6,11H2,1-3H3,(H,12,13,14). The smallest absolute Gasteiger partial charge is 0.226 e. The fraction of sp³-hybridized carbons (Fsp3) is 0.600. The highest BCUT2D eigenvalue weighted by atomic mass is 16.5. The Labute approximate surface area is 90.1 Å². The summed E-state index contributed by atoms with van der Waals surface area (Å²) in [5.74, 6) is 1.12. The molecule has 1 aromatic heterocycles. The molecule has 0 saturated heterocycles. The molecular weight excluding hydrogens is 192 g/mol. The highest BCUT2D eigenvalue weighted by Crippen LogP contribution is 2.10. The lowest BCUT2D eigenvalue weighted by atomic mass is 10.3. The van der Waals surface area contributed by atoms with Crippen LogP contribution in [0.1, 0.15) is 20.8 Å². The molecule has 0 fully saturated rings. The summed E-state index contributed by atoms with van der Waals surface area (Å²) in [7, 11) is 0. The summed E-state index contributed by atoms with van der Waals surface area (Å²) in [5.41, 5.74) is 5.49. The predicted octanol–water partition coefficient (Wildman–Crippen LogP) is 1.02. The third-order valence-electron chi connectivity index (χ3n) is 1.72. The molecule has 0 aliphatic rings. The second-order valence-corrected chi connectivity index (χ2v) is 3.67. The Hall–Kier alpha value is -1.36. The maximum absolute atomic E-state index is 5.49. The van der Waals surface area contributed by atoms with Crippen LogP contribution in [0.4, 0.5) is 5.95 Å². The molecule has 5 heteroatoms. The topological polar surface area (TPSA) is 73.1 Å². The first-order valence-corrected chi connectivity index (χ1v) is 5.08. The van der Waals surface area contributed by atoms with Crippen LogP contribution in [0.15, 0.2) is 12.3 Å². The van der Waals surface area contributed by atoms with Gasteiger partial charge in [0, 0.05) is 24.8 Å². The van der Waals surface area contributed by atoms with E-state index in [2.05, 4.69) is 15.3 Å². The van der Waals surface area contributed by atoms with Crippen LogP contribution in [0, 0.1) is 0 Å². The lowest BCUT2D eigenvalue weighted by molar-refractivity contribution is 0.232. The average Bonchev–Trinajstić information content (AvgIpc) is 2.17. The van der Waals surface area contributed by atoms with Crippen molar-refractivity contribution < 1.29 is 4.74 Å². The second kappa shape index (κ2) is 5.50. The molecule has 0 aliphatic heterocycles. The fourth-order valence-electron chi connectivity index (χ4n) is 0.998. The molecule has 0 amide bonds. The molecule has 0 saturated carbocycles. The van der Waals surface area contributed by atoms with Crippen molar-refractivity contribution in [1.82, 2.24) is 9.97 Å². The highest BCUT2D eigenvalue weighted by Gasteiger charge is 2.04. The molecule has 0 bridgehead atoms.